The Labute approximate surface area is 167 Å². The molecule has 0 aromatic carbocycles. The van der Waals surface area contributed by atoms with Crippen molar-refractivity contribution in [1.29, 1.82) is 0 Å². The quantitative estimate of drug-likeness (QED) is 0.506. The van der Waals surface area contributed by atoms with Crippen molar-refractivity contribution in [2.24, 2.45) is 11.3 Å². The highest BCUT2D eigenvalue weighted by Gasteiger charge is 2.46. The van der Waals surface area contributed by atoms with Crippen molar-refractivity contribution in [2.75, 3.05) is 53.7 Å². The summed E-state index contributed by atoms with van der Waals surface area (Å²) in [4.78, 5) is 2.39. The molecule has 1 heterocycles. The maximum atomic E-state index is 6.46. The normalized spacial score (nSPS) is 29.1. The zero-order chi connectivity index (χ0) is 19.8. The third-order valence-electron chi connectivity index (χ3n) is 6.65. The number of rotatable bonds is 12. The summed E-state index contributed by atoms with van der Waals surface area (Å²) in [6, 6.07) is 0. The summed E-state index contributed by atoms with van der Waals surface area (Å²) < 4.78 is 23.1. The van der Waals surface area contributed by atoms with Gasteiger partial charge in [0, 0.05) is 46.7 Å². The zero-order valence-corrected chi connectivity index (χ0v) is 18.4. The maximum Gasteiger partial charge on any atom is 0.168 e. The van der Waals surface area contributed by atoms with Crippen LogP contribution in [-0.4, -0.2) is 70.5 Å². The molecule has 1 aliphatic carbocycles. The van der Waals surface area contributed by atoms with Gasteiger partial charge in [-0.3, -0.25) is 4.90 Å². The Morgan fingerprint density at radius 1 is 1.04 bits per heavy atom. The molecule has 0 aromatic heterocycles. The lowest BCUT2D eigenvalue weighted by molar-refractivity contribution is -0.197. The lowest BCUT2D eigenvalue weighted by atomic mass is 9.68. The molecule has 0 aromatic rings. The highest BCUT2D eigenvalue weighted by Crippen LogP contribution is 2.47. The van der Waals surface area contributed by atoms with Crippen LogP contribution in [0.3, 0.4) is 0 Å². The molecule has 1 saturated heterocycles. The summed E-state index contributed by atoms with van der Waals surface area (Å²) in [7, 11) is 3.51. The molecule has 1 atom stereocenters. The smallest absolute Gasteiger partial charge is 0.168 e. The van der Waals surface area contributed by atoms with Gasteiger partial charge in [0.05, 0.1) is 25.9 Å². The Hall–Kier alpha value is -0.200. The van der Waals surface area contributed by atoms with Crippen LogP contribution in [0.2, 0.25) is 0 Å². The van der Waals surface area contributed by atoms with Gasteiger partial charge in [0.25, 0.3) is 0 Å². The van der Waals surface area contributed by atoms with Crippen molar-refractivity contribution in [2.45, 2.75) is 77.6 Å². The van der Waals surface area contributed by atoms with E-state index in [0.29, 0.717) is 5.41 Å². The lowest BCUT2D eigenvalue weighted by Gasteiger charge is -2.42. The molecule has 0 amide bonds. The first-order valence-corrected chi connectivity index (χ1v) is 11.0. The van der Waals surface area contributed by atoms with Crippen LogP contribution in [0.4, 0.5) is 0 Å². The Morgan fingerprint density at radius 3 is 2.22 bits per heavy atom. The Morgan fingerprint density at radius 2 is 1.67 bits per heavy atom. The predicted octanol–water partition coefficient (Wildman–Crippen LogP) is 4.10. The Bertz CT molecular complexity index is 399. The molecule has 1 aliphatic heterocycles. The van der Waals surface area contributed by atoms with Gasteiger partial charge in [-0.25, -0.2) is 0 Å². The van der Waals surface area contributed by atoms with Crippen molar-refractivity contribution in [1.82, 2.24) is 4.90 Å². The third-order valence-corrected chi connectivity index (χ3v) is 6.65. The summed E-state index contributed by atoms with van der Waals surface area (Å²) in [6.45, 7) is 12.3. The van der Waals surface area contributed by atoms with Gasteiger partial charge >= 0.3 is 0 Å². The SMILES string of the molecule is CCCC(C)(C)C1CCC2(CC1)OCC(CCN(CCOC)CCOC)O2. The molecule has 1 saturated carbocycles. The highest BCUT2D eigenvalue weighted by atomic mass is 16.7. The summed E-state index contributed by atoms with van der Waals surface area (Å²) in [5.41, 5.74) is 0.442. The molecule has 0 N–H and O–H groups in total. The van der Waals surface area contributed by atoms with Gasteiger partial charge in [0.15, 0.2) is 5.79 Å². The molecule has 1 unspecified atom stereocenters. The minimum absolute atomic E-state index is 0.220. The van der Waals surface area contributed by atoms with E-state index in [1.165, 1.54) is 25.7 Å². The molecule has 5 heteroatoms. The first-order chi connectivity index (χ1) is 12.9. The Kier molecular flexibility index (Phi) is 9.49. The number of hydrogen-bond acceptors (Lipinski definition) is 5. The van der Waals surface area contributed by atoms with Gasteiger partial charge in [0.1, 0.15) is 0 Å². The molecule has 2 rings (SSSR count). The van der Waals surface area contributed by atoms with Crippen LogP contribution >= 0.6 is 0 Å². The van der Waals surface area contributed by atoms with Crippen LogP contribution in [0.15, 0.2) is 0 Å². The standard InChI is InChI=1S/C22H43NO4/c1-6-10-21(2,3)19-7-11-22(12-8-19)26-18-20(27-22)9-13-23(14-16-24-4)15-17-25-5/h19-20H,6-18H2,1-5H3. The van der Waals surface area contributed by atoms with Gasteiger partial charge < -0.3 is 18.9 Å². The van der Waals surface area contributed by atoms with Crippen LogP contribution in [-0.2, 0) is 18.9 Å². The second-order valence-electron chi connectivity index (χ2n) is 9.09. The van der Waals surface area contributed by atoms with E-state index in [1.807, 2.05) is 0 Å². The molecule has 0 bridgehead atoms. The summed E-state index contributed by atoms with van der Waals surface area (Å²) in [5.74, 6) is 0.501. The lowest BCUT2D eigenvalue weighted by Crippen LogP contribution is -2.40. The molecule has 160 valence electrons. The topological polar surface area (TPSA) is 40.2 Å². The molecular weight excluding hydrogens is 342 g/mol. The fraction of sp³-hybridized carbons (Fsp3) is 1.00. The molecule has 5 nitrogen and oxygen atoms in total. The van der Waals surface area contributed by atoms with E-state index in [2.05, 4.69) is 25.7 Å². The zero-order valence-electron chi connectivity index (χ0n) is 18.4. The second kappa shape index (κ2) is 11.1. The van der Waals surface area contributed by atoms with Gasteiger partial charge in [0.2, 0.25) is 0 Å². The van der Waals surface area contributed by atoms with E-state index in [4.69, 9.17) is 18.9 Å². The van der Waals surface area contributed by atoms with Crippen LogP contribution in [0.5, 0.6) is 0 Å². The van der Waals surface area contributed by atoms with Crippen molar-refractivity contribution >= 4 is 0 Å². The minimum Gasteiger partial charge on any atom is -0.383 e. The highest BCUT2D eigenvalue weighted by molar-refractivity contribution is 4.90. The number of nitrogens with zero attached hydrogens (tertiary/aromatic N) is 1. The monoisotopic (exact) mass is 385 g/mol. The fourth-order valence-corrected chi connectivity index (χ4v) is 4.81. The maximum absolute atomic E-state index is 6.46. The van der Waals surface area contributed by atoms with Crippen LogP contribution in [0.25, 0.3) is 0 Å². The van der Waals surface area contributed by atoms with Crippen molar-refractivity contribution in [3.63, 3.8) is 0 Å². The van der Waals surface area contributed by atoms with E-state index in [1.54, 1.807) is 14.2 Å². The summed E-state index contributed by atoms with van der Waals surface area (Å²) in [6.07, 6.45) is 8.38. The minimum atomic E-state index is -0.298. The average molecular weight is 386 g/mol. The largest absolute Gasteiger partial charge is 0.383 e. The van der Waals surface area contributed by atoms with E-state index in [9.17, 15) is 0 Å². The van der Waals surface area contributed by atoms with E-state index in [0.717, 1.165) is 64.6 Å². The van der Waals surface area contributed by atoms with Gasteiger partial charge in [-0.05, 0) is 37.0 Å². The molecular formula is C22H43NO4. The van der Waals surface area contributed by atoms with Crippen molar-refractivity contribution in [3.05, 3.63) is 0 Å². The van der Waals surface area contributed by atoms with Gasteiger partial charge in [-0.15, -0.1) is 0 Å². The molecule has 27 heavy (non-hydrogen) atoms. The van der Waals surface area contributed by atoms with Crippen molar-refractivity contribution < 1.29 is 18.9 Å². The predicted molar refractivity (Wildman–Crippen MR) is 109 cm³/mol. The number of hydrogen-bond donors (Lipinski definition) is 0. The second-order valence-corrected chi connectivity index (χ2v) is 9.09. The number of ether oxygens (including phenoxy) is 4. The average Bonchev–Trinajstić information content (AvgIpc) is 3.04. The van der Waals surface area contributed by atoms with Crippen molar-refractivity contribution in [3.8, 4) is 0 Å². The van der Waals surface area contributed by atoms with Crippen LogP contribution < -0.4 is 0 Å². The van der Waals surface area contributed by atoms with E-state index in [-0.39, 0.29) is 11.9 Å². The first-order valence-electron chi connectivity index (χ1n) is 11.0. The van der Waals surface area contributed by atoms with Gasteiger partial charge in [-0.2, -0.15) is 0 Å². The van der Waals surface area contributed by atoms with Gasteiger partial charge in [-0.1, -0.05) is 27.2 Å². The van der Waals surface area contributed by atoms with E-state index >= 15 is 0 Å². The van der Waals surface area contributed by atoms with Crippen LogP contribution in [0, 0.1) is 11.3 Å². The molecule has 0 radical (unpaired) electrons. The summed E-state index contributed by atoms with van der Waals surface area (Å²) in [5, 5.41) is 0. The molecule has 2 aliphatic rings. The summed E-state index contributed by atoms with van der Waals surface area (Å²) >= 11 is 0. The third kappa shape index (κ3) is 6.97. The first kappa shape index (κ1) is 23.1. The number of methoxy groups -OCH3 is 2. The van der Waals surface area contributed by atoms with E-state index < -0.39 is 0 Å². The molecule has 1 spiro atoms. The van der Waals surface area contributed by atoms with Crippen LogP contribution in [0.1, 0.15) is 65.7 Å². The fourth-order valence-electron chi connectivity index (χ4n) is 4.81. The molecule has 2 fully saturated rings. The Balaban J connectivity index is 1.76.